The number of benzene rings is 1. The first-order valence-electron chi connectivity index (χ1n) is 7.57. The standard InChI is InChI=1S/C17H19NO3/c1-21-15(20)17-9-16(10-17,13-7-8-13)11-18(17)14(19)12-5-3-2-4-6-12/h2-6,13H,7-11H2,1H3. The van der Waals surface area contributed by atoms with E-state index in [1.165, 1.54) is 20.0 Å². The molecule has 0 radical (unpaired) electrons. The molecule has 0 unspecified atom stereocenters. The van der Waals surface area contributed by atoms with Gasteiger partial charge in [-0.1, -0.05) is 18.2 Å². The van der Waals surface area contributed by atoms with Gasteiger partial charge in [-0.15, -0.1) is 0 Å². The Morgan fingerprint density at radius 1 is 1.19 bits per heavy atom. The van der Waals surface area contributed by atoms with Crippen LogP contribution in [0, 0.1) is 11.3 Å². The lowest BCUT2D eigenvalue weighted by atomic mass is 9.59. The maximum atomic E-state index is 12.8. The van der Waals surface area contributed by atoms with E-state index in [-0.39, 0.29) is 17.3 Å². The Kier molecular flexibility index (Phi) is 2.51. The van der Waals surface area contributed by atoms with Gasteiger partial charge in [-0.25, -0.2) is 4.79 Å². The fourth-order valence-corrected chi connectivity index (χ4v) is 4.44. The number of ether oxygens (including phenoxy) is 1. The second-order valence-electron chi connectivity index (χ2n) is 6.77. The molecule has 110 valence electrons. The summed E-state index contributed by atoms with van der Waals surface area (Å²) in [6.45, 7) is 0.709. The normalized spacial score (nSPS) is 33.5. The molecule has 1 amide bonds. The third-order valence-corrected chi connectivity index (χ3v) is 5.55. The maximum absolute atomic E-state index is 12.8. The number of hydrogen-bond donors (Lipinski definition) is 0. The van der Waals surface area contributed by atoms with Crippen molar-refractivity contribution in [1.29, 1.82) is 0 Å². The third kappa shape index (κ3) is 1.62. The molecule has 2 bridgehead atoms. The molecule has 2 heterocycles. The number of carbonyl (C=O) groups excluding carboxylic acids is 2. The molecule has 1 aromatic carbocycles. The first kappa shape index (κ1) is 12.9. The van der Waals surface area contributed by atoms with Crippen molar-refractivity contribution in [2.24, 2.45) is 11.3 Å². The zero-order valence-corrected chi connectivity index (χ0v) is 12.2. The van der Waals surface area contributed by atoms with E-state index in [1.54, 1.807) is 4.90 Å². The number of nitrogens with zero attached hydrogens (tertiary/aromatic N) is 1. The Hall–Kier alpha value is -1.84. The topological polar surface area (TPSA) is 46.6 Å². The van der Waals surface area contributed by atoms with Crippen molar-refractivity contribution in [2.75, 3.05) is 13.7 Å². The average molecular weight is 285 g/mol. The van der Waals surface area contributed by atoms with E-state index in [0.717, 1.165) is 12.8 Å². The average Bonchev–Trinajstić information content (AvgIpc) is 3.22. The second-order valence-corrected chi connectivity index (χ2v) is 6.77. The zero-order chi connectivity index (χ0) is 14.7. The van der Waals surface area contributed by atoms with E-state index in [9.17, 15) is 9.59 Å². The predicted octanol–water partition coefficient (Wildman–Crippen LogP) is 2.24. The van der Waals surface area contributed by atoms with Gasteiger partial charge < -0.3 is 9.64 Å². The quantitative estimate of drug-likeness (QED) is 0.800. The van der Waals surface area contributed by atoms with Crippen molar-refractivity contribution in [3.8, 4) is 0 Å². The molecule has 2 saturated heterocycles. The minimum absolute atomic E-state index is 0.0407. The van der Waals surface area contributed by atoms with Gasteiger partial charge in [0.15, 0.2) is 0 Å². The first-order chi connectivity index (χ1) is 10.1. The predicted molar refractivity (Wildman–Crippen MR) is 76.6 cm³/mol. The number of esters is 1. The van der Waals surface area contributed by atoms with Crippen LogP contribution in [0.1, 0.15) is 36.0 Å². The van der Waals surface area contributed by atoms with Gasteiger partial charge in [-0.05, 0) is 49.1 Å². The molecule has 4 aliphatic rings. The summed E-state index contributed by atoms with van der Waals surface area (Å²) in [5.74, 6) is 0.408. The summed E-state index contributed by atoms with van der Waals surface area (Å²) in [6, 6.07) is 9.23. The molecule has 2 aliphatic heterocycles. The first-order valence-corrected chi connectivity index (χ1v) is 7.57. The molecule has 0 aromatic heterocycles. The summed E-state index contributed by atoms with van der Waals surface area (Å²) in [7, 11) is 1.41. The highest BCUT2D eigenvalue weighted by Crippen LogP contribution is 2.68. The van der Waals surface area contributed by atoms with Gasteiger partial charge in [-0.2, -0.15) is 0 Å². The summed E-state index contributed by atoms with van der Waals surface area (Å²) < 4.78 is 5.00. The van der Waals surface area contributed by atoms with Gasteiger partial charge in [0.25, 0.3) is 5.91 Å². The van der Waals surface area contributed by atoms with Crippen molar-refractivity contribution in [3.05, 3.63) is 35.9 Å². The van der Waals surface area contributed by atoms with Crippen LogP contribution < -0.4 is 0 Å². The summed E-state index contributed by atoms with van der Waals surface area (Å²) in [6.07, 6.45) is 4.06. The summed E-state index contributed by atoms with van der Waals surface area (Å²) in [4.78, 5) is 26.9. The van der Waals surface area contributed by atoms with E-state index in [2.05, 4.69) is 0 Å². The van der Waals surface area contributed by atoms with Crippen LogP contribution in [-0.4, -0.2) is 36.0 Å². The Morgan fingerprint density at radius 3 is 2.43 bits per heavy atom. The molecule has 21 heavy (non-hydrogen) atoms. The fourth-order valence-electron chi connectivity index (χ4n) is 4.44. The van der Waals surface area contributed by atoms with Gasteiger partial charge in [0.1, 0.15) is 5.54 Å². The summed E-state index contributed by atoms with van der Waals surface area (Å²) >= 11 is 0. The van der Waals surface area contributed by atoms with Crippen LogP contribution in [0.2, 0.25) is 0 Å². The number of methoxy groups -OCH3 is 1. The van der Waals surface area contributed by atoms with Crippen LogP contribution >= 0.6 is 0 Å². The number of hydrogen-bond acceptors (Lipinski definition) is 3. The smallest absolute Gasteiger partial charge is 0.331 e. The van der Waals surface area contributed by atoms with Crippen LogP contribution in [0.15, 0.2) is 30.3 Å². The second kappa shape index (κ2) is 4.09. The van der Waals surface area contributed by atoms with E-state index in [4.69, 9.17) is 4.74 Å². The van der Waals surface area contributed by atoms with Gasteiger partial charge >= 0.3 is 5.97 Å². The Labute approximate surface area is 124 Å². The van der Waals surface area contributed by atoms with Crippen LogP contribution in [0.4, 0.5) is 0 Å². The molecule has 2 aliphatic carbocycles. The summed E-state index contributed by atoms with van der Waals surface area (Å²) in [5.41, 5.74) is 0.127. The van der Waals surface area contributed by atoms with Gasteiger partial charge in [0.05, 0.1) is 7.11 Å². The van der Waals surface area contributed by atoms with Gasteiger partial charge in [-0.3, -0.25) is 4.79 Å². The van der Waals surface area contributed by atoms with Crippen molar-refractivity contribution in [3.63, 3.8) is 0 Å². The highest BCUT2D eigenvalue weighted by Gasteiger charge is 2.74. The molecule has 4 fully saturated rings. The van der Waals surface area contributed by atoms with E-state index >= 15 is 0 Å². The highest BCUT2D eigenvalue weighted by atomic mass is 16.5. The van der Waals surface area contributed by atoms with Crippen LogP contribution in [-0.2, 0) is 9.53 Å². The fraction of sp³-hybridized carbons (Fsp3) is 0.529. The number of amides is 1. The van der Waals surface area contributed by atoms with Gasteiger partial charge in [0, 0.05) is 12.1 Å². The van der Waals surface area contributed by atoms with Crippen molar-refractivity contribution >= 4 is 11.9 Å². The number of fused-ring (bicyclic) bond motifs is 1. The van der Waals surface area contributed by atoms with Crippen molar-refractivity contribution in [1.82, 2.24) is 4.90 Å². The molecule has 4 heteroatoms. The molecule has 4 nitrogen and oxygen atoms in total. The molecule has 0 atom stereocenters. The SMILES string of the molecule is COC(=O)C12CC(C3CC3)(CN1C(=O)c1ccccc1)C2. The highest BCUT2D eigenvalue weighted by molar-refractivity contribution is 5.99. The Morgan fingerprint density at radius 2 is 1.86 bits per heavy atom. The van der Waals surface area contributed by atoms with Crippen molar-refractivity contribution in [2.45, 2.75) is 31.2 Å². The lowest BCUT2D eigenvalue weighted by Gasteiger charge is -2.45. The molecule has 2 saturated carbocycles. The lowest BCUT2D eigenvalue weighted by Crippen LogP contribution is -2.57. The van der Waals surface area contributed by atoms with Crippen LogP contribution in [0.5, 0.6) is 0 Å². The molecular formula is C17H19NO3. The minimum Gasteiger partial charge on any atom is -0.467 e. The third-order valence-electron chi connectivity index (χ3n) is 5.55. The van der Waals surface area contributed by atoms with Crippen molar-refractivity contribution < 1.29 is 14.3 Å². The van der Waals surface area contributed by atoms with E-state index in [0.29, 0.717) is 18.0 Å². The molecular weight excluding hydrogens is 266 g/mol. The molecule has 0 N–H and O–H groups in total. The number of rotatable bonds is 3. The zero-order valence-electron chi connectivity index (χ0n) is 12.2. The summed E-state index contributed by atoms with van der Waals surface area (Å²) in [5, 5.41) is 0. The Balaban J connectivity index is 1.67. The maximum Gasteiger partial charge on any atom is 0.331 e. The minimum atomic E-state index is -0.704. The van der Waals surface area contributed by atoms with Gasteiger partial charge in [0.2, 0.25) is 0 Å². The molecule has 0 spiro atoms. The molecule has 1 aromatic rings. The van der Waals surface area contributed by atoms with E-state index < -0.39 is 5.54 Å². The Bertz CT molecular complexity index is 600. The monoisotopic (exact) mass is 285 g/mol. The number of carbonyl (C=O) groups is 2. The van der Waals surface area contributed by atoms with Crippen LogP contribution in [0.3, 0.4) is 0 Å². The lowest BCUT2D eigenvalue weighted by molar-refractivity contribution is -0.157. The molecule has 5 rings (SSSR count). The largest absolute Gasteiger partial charge is 0.467 e. The van der Waals surface area contributed by atoms with Crippen LogP contribution in [0.25, 0.3) is 0 Å². The van der Waals surface area contributed by atoms with E-state index in [1.807, 2.05) is 30.3 Å².